The highest BCUT2D eigenvalue weighted by Gasteiger charge is 2.30. The van der Waals surface area contributed by atoms with Gasteiger partial charge in [-0.2, -0.15) is 0 Å². The van der Waals surface area contributed by atoms with Crippen LogP contribution in [-0.2, 0) is 14.3 Å². The smallest absolute Gasteiger partial charge is 0.292 e. The summed E-state index contributed by atoms with van der Waals surface area (Å²) in [4.78, 5) is 24.7. The van der Waals surface area contributed by atoms with Gasteiger partial charge in [-0.1, -0.05) is 12.1 Å². The zero-order valence-corrected chi connectivity index (χ0v) is 13.3. The highest BCUT2D eigenvalue weighted by atomic mass is 16.7. The Morgan fingerprint density at radius 3 is 2.58 bits per heavy atom. The van der Waals surface area contributed by atoms with E-state index in [0.717, 1.165) is 25.9 Å². The van der Waals surface area contributed by atoms with E-state index in [1.54, 1.807) is 12.1 Å². The number of likely N-dealkylation sites (tertiary alicyclic amines) is 1. The highest BCUT2D eigenvalue weighted by molar-refractivity contribution is 5.94. The minimum absolute atomic E-state index is 0.0971. The first kappa shape index (κ1) is 16.8. The number of rotatable bonds is 5. The number of anilines is 1. The fourth-order valence-corrected chi connectivity index (χ4v) is 3.16. The average molecular weight is 335 g/mol. The number of carbonyl (C=O) groups is 1. The molecule has 1 N–H and O–H groups in total. The zero-order valence-electron chi connectivity index (χ0n) is 13.3. The Morgan fingerprint density at radius 1 is 1.25 bits per heavy atom. The van der Waals surface area contributed by atoms with Gasteiger partial charge in [-0.3, -0.25) is 19.8 Å². The quantitative estimate of drug-likeness (QED) is 0.649. The lowest BCUT2D eigenvalue weighted by molar-refractivity contribution is -0.383. The van der Waals surface area contributed by atoms with E-state index in [9.17, 15) is 14.9 Å². The fraction of sp³-hybridized carbons (Fsp3) is 0.562. The van der Waals surface area contributed by atoms with E-state index in [2.05, 4.69) is 10.2 Å². The van der Waals surface area contributed by atoms with Crippen molar-refractivity contribution >= 4 is 17.3 Å². The zero-order chi connectivity index (χ0) is 16.9. The van der Waals surface area contributed by atoms with Crippen LogP contribution >= 0.6 is 0 Å². The lowest BCUT2D eigenvalue weighted by Crippen LogP contribution is -2.41. The molecule has 2 aliphatic rings. The van der Waals surface area contributed by atoms with Crippen molar-refractivity contribution in [3.05, 3.63) is 34.4 Å². The number of hydrogen-bond acceptors (Lipinski definition) is 6. The lowest BCUT2D eigenvalue weighted by Gasteiger charge is -2.33. The van der Waals surface area contributed by atoms with Crippen molar-refractivity contribution in [1.29, 1.82) is 0 Å². The third kappa shape index (κ3) is 4.08. The van der Waals surface area contributed by atoms with Gasteiger partial charge in [-0.15, -0.1) is 0 Å². The number of carbonyl (C=O) groups excluding carboxylic acids is 1. The van der Waals surface area contributed by atoms with Crippen molar-refractivity contribution in [1.82, 2.24) is 4.90 Å². The summed E-state index contributed by atoms with van der Waals surface area (Å²) in [6.45, 7) is 3.12. The van der Waals surface area contributed by atoms with Gasteiger partial charge in [0.15, 0.2) is 6.29 Å². The Bertz CT molecular complexity index is 595. The van der Waals surface area contributed by atoms with E-state index in [1.807, 2.05) is 0 Å². The molecule has 8 nitrogen and oxygen atoms in total. The number of amides is 1. The summed E-state index contributed by atoms with van der Waals surface area (Å²) in [6, 6.07) is 6.15. The molecule has 0 bridgehead atoms. The summed E-state index contributed by atoms with van der Waals surface area (Å²) in [5.41, 5.74) is 0.134. The van der Waals surface area contributed by atoms with Gasteiger partial charge in [0.05, 0.1) is 24.7 Å². The molecular weight excluding hydrogens is 314 g/mol. The van der Waals surface area contributed by atoms with Crippen LogP contribution in [-0.4, -0.2) is 54.9 Å². The summed E-state index contributed by atoms with van der Waals surface area (Å²) in [6.07, 6.45) is 1.74. The standard InChI is InChI=1S/C16H21N3O5/c20-15(17-13-3-1-2-4-14(13)19(21)22)11-18-7-5-12(6-8-18)16-23-9-10-24-16/h1-4,12,16H,5-11H2,(H,17,20). The van der Waals surface area contributed by atoms with E-state index in [-0.39, 0.29) is 30.1 Å². The van der Waals surface area contributed by atoms with E-state index in [0.29, 0.717) is 19.1 Å². The SMILES string of the molecule is O=C(CN1CCC(C2OCCO2)CC1)Nc1ccccc1[N+](=O)[O-]. The first-order valence-electron chi connectivity index (χ1n) is 8.12. The molecule has 0 saturated carbocycles. The first-order chi connectivity index (χ1) is 11.6. The summed E-state index contributed by atoms with van der Waals surface area (Å²) in [5.74, 6) is 0.137. The van der Waals surface area contributed by atoms with Gasteiger partial charge in [-0.05, 0) is 32.0 Å². The van der Waals surface area contributed by atoms with Gasteiger partial charge in [0.2, 0.25) is 5.91 Å². The molecule has 0 aromatic heterocycles. The monoisotopic (exact) mass is 335 g/mol. The molecule has 24 heavy (non-hydrogen) atoms. The maximum absolute atomic E-state index is 12.2. The van der Waals surface area contributed by atoms with Crippen LogP contribution in [0, 0.1) is 16.0 Å². The predicted octanol–water partition coefficient (Wildman–Crippen LogP) is 1.62. The fourth-order valence-electron chi connectivity index (χ4n) is 3.16. The molecule has 1 aromatic rings. The van der Waals surface area contributed by atoms with Crippen molar-refractivity contribution in [3.63, 3.8) is 0 Å². The minimum atomic E-state index is -0.497. The molecule has 0 spiro atoms. The molecule has 0 aliphatic carbocycles. The first-order valence-corrected chi connectivity index (χ1v) is 8.12. The number of nitrogens with zero attached hydrogens (tertiary/aromatic N) is 2. The van der Waals surface area contributed by atoms with Gasteiger partial charge in [0, 0.05) is 12.0 Å². The molecule has 1 amide bonds. The molecule has 130 valence electrons. The van der Waals surface area contributed by atoms with Crippen LogP contribution in [0.4, 0.5) is 11.4 Å². The molecular formula is C16H21N3O5. The summed E-state index contributed by atoms with van der Waals surface area (Å²) >= 11 is 0. The highest BCUT2D eigenvalue weighted by Crippen LogP contribution is 2.26. The maximum Gasteiger partial charge on any atom is 0.292 e. The predicted molar refractivity (Wildman–Crippen MR) is 86.6 cm³/mol. The summed E-state index contributed by atoms with van der Waals surface area (Å²) in [5, 5.41) is 13.6. The number of ether oxygens (including phenoxy) is 2. The molecule has 1 aromatic carbocycles. The normalized spacial score (nSPS) is 20.2. The minimum Gasteiger partial charge on any atom is -0.350 e. The van der Waals surface area contributed by atoms with Gasteiger partial charge in [-0.25, -0.2) is 0 Å². The second-order valence-electron chi connectivity index (χ2n) is 6.05. The van der Waals surface area contributed by atoms with Gasteiger partial charge in [0.1, 0.15) is 5.69 Å². The molecule has 0 radical (unpaired) electrons. The lowest BCUT2D eigenvalue weighted by atomic mass is 9.96. The van der Waals surface area contributed by atoms with E-state index >= 15 is 0 Å². The van der Waals surface area contributed by atoms with Gasteiger partial charge in [0.25, 0.3) is 5.69 Å². The molecule has 0 atom stereocenters. The average Bonchev–Trinajstić information content (AvgIpc) is 3.10. The van der Waals surface area contributed by atoms with E-state index in [1.165, 1.54) is 12.1 Å². The largest absolute Gasteiger partial charge is 0.350 e. The van der Waals surface area contributed by atoms with Crippen molar-refractivity contribution in [2.24, 2.45) is 5.92 Å². The Balaban J connectivity index is 1.48. The summed E-state index contributed by atoms with van der Waals surface area (Å²) in [7, 11) is 0. The number of hydrogen-bond donors (Lipinski definition) is 1. The van der Waals surface area contributed by atoms with Crippen LogP contribution in [0.1, 0.15) is 12.8 Å². The number of nitro groups is 1. The Hall–Kier alpha value is -2.03. The number of benzene rings is 1. The molecule has 2 fully saturated rings. The van der Waals surface area contributed by atoms with E-state index < -0.39 is 4.92 Å². The van der Waals surface area contributed by atoms with Crippen molar-refractivity contribution in [3.8, 4) is 0 Å². The summed E-state index contributed by atoms with van der Waals surface area (Å²) < 4.78 is 11.1. The van der Waals surface area contributed by atoms with Crippen LogP contribution in [0.2, 0.25) is 0 Å². The van der Waals surface area contributed by atoms with Gasteiger partial charge < -0.3 is 14.8 Å². The van der Waals surface area contributed by atoms with Crippen LogP contribution in [0.5, 0.6) is 0 Å². The van der Waals surface area contributed by atoms with Gasteiger partial charge >= 0.3 is 0 Å². The van der Waals surface area contributed by atoms with Crippen LogP contribution in [0.15, 0.2) is 24.3 Å². The Morgan fingerprint density at radius 2 is 1.92 bits per heavy atom. The van der Waals surface area contributed by atoms with Crippen LogP contribution < -0.4 is 5.32 Å². The third-order valence-electron chi connectivity index (χ3n) is 4.41. The number of para-hydroxylation sites is 2. The topological polar surface area (TPSA) is 93.9 Å². The second-order valence-corrected chi connectivity index (χ2v) is 6.05. The van der Waals surface area contributed by atoms with Crippen molar-refractivity contribution in [2.45, 2.75) is 19.1 Å². The molecule has 2 heterocycles. The second kappa shape index (κ2) is 7.69. The Labute approximate surface area is 139 Å². The molecule has 8 heteroatoms. The molecule has 2 saturated heterocycles. The molecule has 0 unspecified atom stereocenters. The Kier molecular flexibility index (Phi) is 5.39. The number of piperidine rings is 1. The maximum atomic E-state index is 12.2. The molecule has 2 aliphatic heterocycles. The third-order valence-corrected chi connectivity index (χ3v) is 4.41. The van der Waals surface area contributed by atoms with Crippen LogP contribution in [0.25, 0.3) is 0 Å². The van der Waals surface area contributed by atoms with Crippen LogP contribution in [0.3, 0.4) is 0 Å². The van der Waals surface area contributed by atoms with Crippen molar-refractivity contribution in [2.75, 3.05) is 38.2 Å². The molecule has 3 rings (SSSR count). The number of nitrogens with one attached hydrogen (secondary N) is 1. The van der Waals surface area contributed by atoms with E-state index in [4.69, 9.17) is 9.47 Å². The van der Waals surface area contributed by atoms with Crippen molar-refractivity contribution < 1.29 is 19.2 Å². The number of nitro benzene ring substituents is 1.